The lowest BCUT2D eigenvalue weighted by Crippen LogP contribution is -2.44. The summed E-state index contributed by atoms with van der Waals surface area (Å²) in [4.78, 5) is 34.0. The number of aryl methyl sites for hydroxylation is 1. The molecule has 2 aromatic rings. The van der Waals surface area contributed by atoms with Gasteiger partial charge in [-0.3, -0.25) is 14.5 Å². The Bertz CT molecular complexity index is 1280. The zero-order valence-electron chi connectivity index (χ0n) is 21.3. The number of carbonyl (C=O) groups excluding carboxylic acids is 2. The number of anilines is 2. The molecule has 0 spiro atoms. The average Bonchev–Trinajstić information content (AvgIpc) is 3.00. The topological polar surface area (TPSA) is 69.9 Å². The Morgan fingerprint density at radius 1 is 1.38 bits per heavy atom. The molecule has 1 aliphatic rings. The molecule has 1 aromatic carbocycles. The molecule has 29 heavy (non-hydrogen) atoms. The number of nitrogens with one attached hydrogen (secondary N) is 1. The van der Waals surface area contributed by atoms with Gasteiger partial charge in [0.15, 0.2) is 5.11 Å². The molecule has 0 aliphatic carbocycles. The van der Waals surface area contributed by atoms with Crippen molar-refractivity contribution in [1.29, 1.82) is 0 Å². The number of amides is 2. The molecule has 0 unspecified atom stereocenters. The van der Waals surface area contributed by atoms with E-state index in [-0.39, 0.29) is 22.8 Å². The van der Waals surface area contributed by atoms with E-state index in [1.807, 2.05) is 0 Å². The van der Waals surface area contributed by atoms with Crippen LogP contribution in [-0.2, 0) is 4.79 Å². The van der Waals surface area contributed by atoms with Crippen LogP contribution < -0.4 is 15.1 Å². The van der Waals surface area contributed by atoms with Gasteiger partial charge in [0.25, 0.3) is 17.6 Å². The molecule has 2 amide bonds. The van der Waals surface area contributed by atoms with Gasteiger partial charge < -0.3 is 15.1 Å². The largest absolute Gasteiger partial charge is 0.360 e. The Balaban J connectivity index is 2.34. The van der Waals surface area contributed by atoms with Crippen LogP contribution >= 0.6 is 12.2 Å². The Morgan fingerprint density at radius 3 is 2.66 bits per heavy atom. The summed E-state index contributed by atoms with van der Waals surface area (Å²) in [7, 11) is 1.28. The molecule has 0 atom stereocenters. The molecule has 7 nitrogen and oxygen atoms in total. The number of aromatic nitrogens is 1. The fourth-order valence-electron chi connectivity index (χ4n) is 2.87. The molecule has 148 valence electrons. The van der Waals surface area contributed by atoms with Crippen LogP contribution in [0, 0.1) is 19.3 Å². The minimum atomic E-state index is -3.47. The van der Waals surface area contributed by atoms with E-state index >= 15 is 0 Å². The number of carbonyl (C=O) groups is 2. The van der Waals surface area contributed by atoms with E-state index in [0.717, 1.165) is 24.4 Å². The zero-order chi connectivity index (χ0) is 26.5. The lowest BCUT2D eigenvalue weighted by Gasteiger charge is -2.29. The molecule has 9 heteroatoms. The molecule has 1 fully saturated rings. The van der Waals surface area contributed by atoms with Crippen LogP contribution in [-0.4, -0.2) is 34.5 Å². The second-order valence-corrected chi connectivity index (χ2v) is 6.52. The predicted octanol–water partition coefficient (Wildman–Crippen LogP) is 3.36. The molecule has 0 radical (unpaired) electrons. The number of hydrogen-bond donors (Lipinski definition) is 1. The predicted molar refractivity (Wildman–Crippen MR) is 112 cm³/mol. The van der Waals surface area contributed by atoms with Gasteiger partial charge in [-0.1, -0.05) is 6.57 Å². The molecule has 0 bridgehead atoms. The molecular formula is C20H18FN5O2S. The fourth-order valence-corrected chi connectivity index (χ4v) is 3.30. The first kappa shape index (κ1) is 13.7. The third kappa shape index (κ3) is 3.21. The van der Waals surface area contributed by atoms with Crippen LogP contribution in [0.5, 0.6) is 0 Å². The molecule has 1 saturated heterocycles. The standard InChI is InChI=1S/C20H18FN5O2S/c1-11-8-13(10-24-16(11)22-4)25-18(28)20(2,3)26(19(25)29)12-6-7-14(15(21)9-12)17(27)23-5/h6-10H,1-3,5H3,(H,23,27)/i2D3,3D3. The minimum absolute atomic E-state index is 0.0212. The minimum Gasteiger partial charge on any atom is -0.360 e. The first-order chi connectivity index (χ1) is 16.1. The van der Waals surface area contributed by atoms with Crippen molar-refractivity contribution in [2.24, 2.45) is 0 Å². The summed E-state index contributed by atoms with van der Waals surface area (Å²) in [6.45, 7) is 1.72. The zero-order valence-corrected chi connectivity index (χ0v) is 16.1. The Hall–Kier alpha value is -3.38. The van der Waals surface area contributed by atoms with Crippen LogP contribution in [0.2, 0.25) is 0 Å². The molecule has 1 aromatic heterocycles. The Labute approximate surface area is 181 Å². The number of rotatable bonds is 3. The van der Waals surface area contributed by atoms with Gasteiger partial charge in [-0.15, -0.1) is 4.98 Å². The normalized spacial score (nSPS) is 19.4. The van der Waals surface area contributed by atoms with Gasteiger partial charge in [0.05, 0.1) is 11.3 Å². The van der Waals surface area contributed by atoms with Crippen molar-refractivity contribution in [3.63, 3.8) is 0 Å². The lowest BCUT2D eigenvalue weighted by molar-refractivity contribution is -0.120. The number of thiocarbonyl (C=S) groups is 1. The monoisotopic (exact) mass is 417 g/mol. The molecular weight excluding hydrogens is 393 g/mol. The smallest absolute Gasteiger partial charge is 0.272 e. The van der Waals surface area contributed by atoms with Crippen LogP contribution in [0.15, 0.2) is 30.5 Å². The number of halogens is 1. The summed E-state index contributed by atoms with van der Waals surface area (Å²) in [5.41, 5.74) is -3.68. The average molecular weight is 417 g/mol. The van der Waals surface area contributed by atoms with Gasteiger partial charge in [0.1, 0.15) is 17.6 Å². The first-order valence-corrected chi connectivity index (χ1v) is 8.58. The third-order valence-electron chi connectivity index (χ3n) is 4.31. The van der Waals surface area contributed by atoms with E-state index in [9.17, 15) is 14.0 Å². The second kappa shape index (κ2) is 7.22. The molecule has 2 heterocycles. The SMILES string of the molecule is [2H]C([2H])([2H])C1(C([2H])([2H])[2H])C(=O)N(c2cnc([N+]#[C-])c(C)c2)C(=S)N1c1ccc(C(=O)NC)c(F)c1. The van der Waals surface area contributed by atoms with Gasteiger partial charge in [-0.2, -0.15) is 0 Å². The van der Waals surface area contributed by atoms with E-state index in [1.165, 1.54) is 20.0 Å². The molecule has 0 saturated carbocycles. The summed E-state index contributed by atoms with van der Waals surface area (Å²) in [5, 5.41) is 1.70. The van der Waals surface area contributed by atoms with Gasteiger partial charge in [0.2, 0.25) is 0 Å². The first-order valence-electron chi connectivity index (χ1n) is 11.2. The summed E-state index contributed by atoms with van der Waals surface area (Å²) < 4.78 is 63.4. The lowest BCUT2D eigenvalue weighted by atomic mass is 10.0. The van der Waals surface area contributed by atoms with Crippen LogP contribution in [0.25, 0.3) is 4.85 Å². The maximum absolute atomic E-state index is 14.8. The van der Waals surface area contributed by atoms with Gasteiger partial charge in [-0.25, -0.2) is 4.39 Å². The van der Waals surface area contributed by atoms with E-state index < -0.39 is 42.0 Å². The van der Waals surface area contributed by atoms with E-state index in [2.05, 4.69) is 15.1 Å². The van der Waals surface area contributed by atoms with Crippen LogP contribution in [0.4, 0.5) is 21.6 Å². The molecule has 1 aliphatic heterocycles. The molecule has 1 N–H and O–H groups in total. The molecule has 3 rings (SSSR count). The maximum Gasteiger partial charge on any atom is 0.272 e. The summed E-state index contributed by atoms with van der Waals surface area (Å²) in [6.07, 6.45) is 1.09. The number of nitrogens with zero attached hydrogens (tertiary/aromatic N) is 4. The van der Waals surface area contributed by atoms with Gasteiger partial charge in [-0.05, 0) is 62.7 Å². The van der Waals surface area contributed by atoms with Crippen molar-refractivity contribution >= 4 is 46.3 Å². The highest BCUT2D eigenvalue weighted by Crippen LogP contribution is 2.37. The highest BCUT2D eigenvalue weighted by atomic mass is 32.1. The highest BCUT2D eigenvalue weighted by molar-refractivity contribution is 7.81. The second-order valence-electron chi connectivity index (χ2n) is 6.16. The fraction of sp³-hybridized carbons (Fsp3) is 0.250. The Kier molecular flexibility index (Phi) is 3.42. The van der Waals surface area contributed by atoms with Crippen molar-refractivity contribution in [2.75, 3.05) is 16.8 Å². The van der Waals surface area contributed by atoms with Crippen molar-refractivity contribution in [2.45, 2.75) is 26.2 Å². The Morgan fingerprint density at radius 2 is 2.10 bits per heavy atom. The van der Waals surface area contributed by atoms with Crippen molar-refractivity contribution in [1.82, 2.24) is 10.3 Å². The third-order valence-corrected chi connectivity index (χ3v) is 4.68. The van der Waals surface area contributed by atoms with E-state index in [0.29, 0.717) is 15.4 Å². The highest BCUT2D eigenvalue weighted by Gasteiger charge is 2.50. The van der Waals surface area contributed by atoms with Crippen molar-refractivity contribution in [3.05, 3.63) is 58.8 Å². The number of benzene rings is 1. The number of pyridine rings is 1. The number of hydrogen-bond acceptors (Lipinski definition) is 4. The van der Waals surface area contributed by atoms with E-state index in [4.69, 9.17) is 27.0 Å². The summed E-state index contributed by atoms with van der Waals surface area (Å²) >= 11 is 5.39. The van der Waals surface area contributed by atoms with Crippen LogP contribution in [0.1, 0.15) is 37.8 Å². The van der Waals surface area contributed by atoms with Gasteiger partial charge in [0, 0.05) is 21.0 Å². The quantitative estimate of drug-likeness (QED) is 0.613. The van der Waals surface area contributed by atoms with E-state index in [1.54, 1.807) is 0 Å². The van der Waals surface area contributed by atoms with Crippen molar-refractivity contribution < 1.29 is 22.2 Å². The van der Waals surface area contributed by atoms with Crippen LogP contribution in [0.3, 0.4) is 0 Å². The summed E-state index contributed by atoms with van der Waals surface area (Å²) in [5.74, 6) is -3.22. The van der Waals surface area contributed by atoms with Crippen molar-refractivity contribution in [3.8, 4) is 0 Å². The van der Waals surface area contributed by atoms with Gasteiger partial charge >= 0.3 is 0 Å². The maximum atomic E-state index is 14.8. The summed E-state index contributed by atoms with van der Waals surface area (Å²) in [6, 6.07) is 4.21.